The first-order valence-corrected chi connectivity index (χ1v) is 16.7. The zero-order valence-electron chi connectivity index (χ0n) is 25.4. The van der Waals surface area contributed by atoms with E-state index in [2.05, 4.69) is 5.32 Å². The summed E-state index contributed by atoms with van der Waals surface area (Å²) >= 11 is 12.6. The minimum atomic E-state index is -4.83. The van der Waals surface area contributed by atoms with Gasteiger partial charge in [0.15, 0.2) is 0 Å². The number of alkyl halides is 3. The third-order valence-corrected chi connectivity index (χ3v) is 9.42. The van der Waals surface area contributed by atoms with E-state index < -0.39 is 51.9 Å². The van der Waals surface area contributed by atoms with Crippen LogP contribution in [0.3, 0.4) is 0 Å². The first-order chi connectivity index (χ1) is 22.2. The number of benzene rings is 4. The third kappa shape index (κ3) is 9.27. The molecular formula is C34H32Cl2F3N3O4S. The summed E-state index contributed by atoms with van der Waals surface area (Å²) in [5, 5.41) is 2.87. The second-order valence-electron chi connectivity index (χ2n) is 11.0. The normalized spacial score (nSPS) is 12.4. The van der Waals surface area contributed by atoms with Crippen molar-refractivity contribution in [2.24, 2.45) is 0 Å². The first kappa shape index (κ1) is 35.8. The average molecular weight is 707 g/mol. The molecule has 0 aliphatic heterocycles. The highest BCUT2D eigenvalue weighted by atomic mass is 35.5. The van der Waals surface area contributed by atoms with E-state index in [4.69, 9.17) is 23.2 Å². The smallest absolute Gasteiger partial charge is 0.352 e. The van der Waals surface area contributed by atoms with E-state index in [1.54, 1.807) is 74.5 Å². The molecule has 4 aromatic carbocycles. The molecule has 13 heteroatoms. The lowest BCUT2D eigenvalue weighted by atomic mass is 10.0. The molecule has 0 fully saturated rings. The van der Waals surface area contributed by atoms with Gasteiger partial charge in [-0.25, -0.2) is 8.42 Å². The number of carbonyl (C=O) groups excluding carboxylic acids is 2. The second kappa shape index (κ2) is 15.2. The molecule has 0 aliphatic carbocycles. The molecule has 0 spiro atoms. The maximum Gasteiger partial charge on any atom is 0.416 e. The summed E-state index contributed by atoms with van der Waals surface area (Å²) in [6.45, 7) is 2.37. The van der Waals surface area contributed by atoms with Crippen molar-refractivity contribution >= 4 is 50.7 Å². The number of hydrogen-bond acceptors (Lipinski definition) is 4. The van der Waals surface area contributed by atoms with E-state index in [1.165, 1.54) is 29.2 Å². The molecule has 0 saturated heterocycles. The largest absolute Gasteiger partial charge is 0.416 e. The lowest BCUT2D eigenvalue weighted by molar-refractivity contribution is -0.140. The molecule has 0 bridgehead atoms. The Labute approximate surface area is 282 Å². The van der Waals surface area contributed by atoms with Gasteiger partial charge in [-0.2, -0.15) is 13.2 Å². The quantitative estimate of drug-likeness (QED) is 0.167. The van der Waals surface area contributed by atoms with Gasteiger partial charge in [0, 0.05) is 24.0 Å². The fourth-order valence-corrected chi connectivity index (χ4v) is 6.81. The van der Waals surface area contributed by atoms with Gasteiger partial charge in [-0.1, -0.05) is 83.9 Å². The van der Waals surface area contributed by atoms with Gasteiger partial charge in [0.05, 0.1) is 21.2 Å². The number of hydrogen-bond donors (Lipinski definition) is 1. The number of nitrogens with one attached hydrogen (secondary N) is 1. The maximum absolute atomic E-state index is 14.5. The minimum absolute atomic E-state index is 0.0570. The third-order valence-electron chi connectivity index (χ3n) is 7.10. The molecule has 0 heterocycles. The molecule has 1 unspecified atom stereocenters. The van der Waals surface area contributed by atoms with Crippen molar-refractivity contribution in [3.05, 3.63) is 130 Å². The van der Waals surface area contributed by atoms with E-state index in [0.717, 1.165) is 17.7 Å². The van der Waals surface area contributed by atoms with Gasteiger partial charge < -0.3 is 10.2 Å². The van der Waals surface area contributed by atoms with Crippen LogP contribution in [-0.4, -0.2) is 43.8 Å². The lowest BCUT2D eigenvalue weighted by Gasteiger charge is -2.34. The van der Waals surface area contributed by atoms with Crippen LogP contribution in [0.1, 0.15) is 30.5 Å². The fourth-order valence-electron chi connectivity index (χ4n) is 4.88. The number of anilines is 1. The lowest BCUT2D eigenvalue weighted by Crippen LogP contribution is -2.54. The van der Waals surface area contributed by atoms with Crippen molar-refractivity contribution in [3.63, 3.8) is 0 Å². The number of carbonyl (C=O) groups is 2. The topological polar surface area (TPSA) is 86.8 Å². The van der Waals surface area contributed by atoms with Crippen LogP contribution in [-0.2, 0) is 38.8 Å². The molecule has 1 N–H and O–H groups in total. The summed E-state index contributed by atoms with van der Waals surface area (Å²) in [5.74, 6) is -1.37. The Kier molecular flexibility index (Phi) is 11.6. The predicted molar refractivity (Wildman–Crippen MR) is 177 cm³/mol. The van der Waals surface area contributed by atoms with Crippen LogP contribution >= 0.6 is 23.2 Å². The number of nitrogens with zero attached hydrogens (tertiary/aromatic N) is 2. The molecular weight excluding hydrogens is 674 g/mol. The number of halogens is 5. The molecule has 47 heavy (non-hydrogen) atoms. The highest BCUT2D eigenvalue weighted by Crippen LogP contribution is 2.37. The molecule has 7 nitrogen and oxygen atoms in total. The van der Waals surface area contributed by atoms with Crippen molar-refractivity contribution in [1.82, 2.24) is 10.2 Å². The highest BCUT2D eigenvalue weighted by Gasteiger charge is 2.37. The van der Waals surface area contributed by atoms with Crippen molar-refractivity contribution in [1.29, 1.82) is 0 Å². The number of rotatable bonds is 12. The van der Waals surface area contributed by atoms with E-state index in [1.807, 2.05) is 0 Å². The molecule has 4 rings (SSSR count). The van der Waals surface area contributed by atoms with Crippen LogP contribution in [0.4, 0.5) is 18.9 Å². The molecule has 4 aromatic rings. The Bertz CT molecular complexity index is 1810. The minimum Gasteiger partial charge on any atom is -0.352 e. The number of amides is 2. The summed E-state index contributed by atoms with van der Waals surface area (Å²) in [5.41, 5.74) is -0.454. The highest BCUT2D eigenvalue weighted by molar-refractivity contribution is 7.92. The van der Waals surface area contributed by atoms with Crippen LogP contribution in [0, 0.1) is 0 Å². The Morgan fingerprint density at radius 2 is 1.45 bits per heavy atom. The Morgan fingerprint density at radius 3 is 2.04 bits per heavy atom. The first-order valence-electron chi connectivity index (χ1n) is 14.5. The van der Waals surface area contributed by atoms with Gasteiger partial charge in [0.2, 0.25) is 11.8 Å². The van der Waals surface area contributed by atoms with Crippen molar-refractivity contribution in [2.75, 3.05) is 10.8 Å². The Morgan fingerprint density at radius 1 is 0.830 bits per heavy atom. The Balaban J connectivity index is 1.87. The fraction of sp³-hybridized carbons (Fsp3) is 0.235. The Hall–Kier alpha value is -4.06. The molecule has 0 saturated carbocycles. The molecule has 2 amide bonds. The van der Waals surface area contributed by atoms with E-state index in [0.29, 0.717) is 21.0 Å². The maximum atomic E-state index is 14.5. The van der Waals surface area contributed by atoms with Gasteiger partial charge in [-0.15, -0.1) is 0 Å². The number of sulfonamides is 1. The summed E-state index contributed by atoms with van der Waals surface area (Å²) in [4.78, 5) is 29.1. The second-order valence-corrected chi connectivity index (χ2v) is 13.7. The van der Waals surface area contributed by atoms with E-state index in [9.17, 15) is 31.2 Å². The summed E-state index contributed by atoms with van der Waals surface area (Å²) in [6.07, 6.45) is -4.78. The van der Waals surface area contributed by atoms with Gasteiger partial charge in [0.25, 0.3) is 10.0 Å². The molecule has 248 valence electrons. The van der Waals surface area contributed by atoms with Crippen LogP contribution < -0.4 is 9.62 Å². The van der Waals surface area contributed by atoms with E-state index in [-0.39, 0.29) is 28.9 Å². The SMILES string of the molecule is CC(C)NC(=O)C(Cc1ccccc1)N(Cc1cccc(Cl)c1)C(=O)CN(c1cc(C(F)(F)F)ccc1Cl)S(=O)(=O)c1ccccc1. The van der Waals surface area contributed by atoms with Crippen LogP contribution in [0.25, 0.3) is 0 Å². The molecule has 1 atom stereocenters. The van der Waals surface area contributed by atoms with Gasteiger partial charge >= 0.3 is 6.18 Å². The average Bonchev–Trinajstić information content (AvgIpc) is 3.02. The van der Waals surface area contributed by atoms with Crippen molar-refractivity contribution in [2.45, 2.75) is 50.0 Å². The standard InChI is InChI=1S/C34H32Cl2F3N3O4S/c1-23(2)40-33(44)31(19-24-10-5-3-6-11-24)41(21-25-12-9-13-27(35)18-25)32(43)22-42(47(45,46)28-14-7-4-8-15-28)30-20-26(34(37,38)39)16-17-29(30)36/h3-18,20,23,31H,19,21-22H2,1-2H3,(H,40,44). The molecule has 0 radical (unpaired) electrons. The zero-order valence-corrected chi connectivity index (χ0v) is 27.7. The van der Waals surface area contributed by atoms with Crippen molar-refractivity contribution < 1.29 is 31.2 Å². The summed E-state index contributed by atoms with van der Waals surface area (Å²) in [7, 11) is -4.66. The van der Waals surface area contributed by atoms with Gasteiger partial charge in [-0.05, 0) is 67.4 Å². The van der Waals surface area contributed by atoms with Gasteiger partial charge in [0.1, 0.15) is 12.6 Å². The predicted octanol–water partition coefficient (Wildman–Crippen LogP) is 7.37. The summed E-state index contributed by atoms with van der Waals surface area (Å²) < 4.78 is 70.1. The summed E-state index contributed by atoms with van der Waals surface area (Å²) in [6, 6.07) is 23.3. The van der Waals surface area contributed by atoms with Gasteiger partial charge in [-0.3, -0.25) is 13.9 Å². The monoisotopic (exact) mass is 705 g/mol. The van der Waals surface area contributed by atoms with E-state index >= 15 is 0 Å². The molecule has 0 aromatic heterocycles. The zero-order chi connectivity index (χ0) is 34.4. The van der Waals surface area contributed by atoms with Crippen LogP contribution in [0.2, 0.25) is 10.0 Å². The van der Waals surface area contributed by atoms with Crippen LogP contribution in [0.5, 0.6) is 0 Å². The van der Waals surface area contributed by atoms with Crippen LogP contribution in [0.15, 0.2) is 108 Å². The van der Waals surface area contributed by atoms with Crippen molar-refractivity contribution in [3.8, 4) is 0 Å². The molecule has 0 aliphatic rings.